The van der Waals surface area contributed by atoms with E-state index in [-0.39, 0.29) is 17.7 Å². The second-order valence-electron chi connectivity index (χ2n) is 7.75. The predicted molar refractivity (Wildman–Crippen MR) is 87.5 cm³/mol. The maximum Gasteiger partial charge on any atom is 0.306 e. The van der Waals surface area contributed by atoms with Crippen LogP contribution in [0, 0.1) is 11.7 Å². The van der Waals surface area contributed by atoms with Crippen LogP contribution in [0.2, 0.25) is 0 Å². The summed E-state index contributed by atoms with van der Waals surface area (Å²) >= 11 is 0. The van der Waals surface area contributed by atoms with Gasteiger partial charge in [-0.2, -0.15) is 0 Å². The number of aliphatic hydroxyl groups is 1. The van der Waals surface area contributed by atoms with E-state index in [4.69, 9.17) is 4.74 Å². The number of esters is 1. The molecule has 2 rings (SSSR count). The van der Waals surface area contributed by atoms with E-state index in [1.807, 2.05) is 20.8 Å². The minimum Gasteiger partial charge on any atom is -0.460 e. The van der Waals surface area contributed by atoms with Gasteiger partial charge in [-0.1, -0.05) is 24.6 Å². The second kappa shape index (κ2) is 7.00. The highest BCUT2D eigenvalue weighted by Gasteiger charge is 2.36. The molecule has 0 saturated heterocycles. The molecule has 1 fully saturated rings. The highest BCUT2D eigenvalue weighted by Crippen LogP contribution is 2.37. The molecule has 1 aromatic carbocycles. The first kappa shape index (κ1) is 17.9. The van der Waals surface area contributed by atoms with Crippen LogP contribution in [0.4, 0.5) is 4.39 Å². The molecule has 0 radical (unpaired) electrons. The van der Waals surface area contributed by atoms with Crippen LogP contribution < -0.4 is 0 Å². The Bertz CT molecular complexity index is 550. The first-order chi connectivity index (χ1) is 10.7. The van der Waals surface area contributed by atoms with Gasteiger partial charge in [-0.05, 0) is 57.6 Å². The number of ether oxygens (including phenoxy) is 1. The molecule has 1 aliphatic carbocycles. The number of halogens is 1. The molecule has 0 heterocycles. The average Bonchev–Trinajstić information content (AvgIpc) is 2.39. The Kier molecular flexibility index (Phi) is 5.45. The lowest BCUT2D eigenvalue weighted by molar-refractivity contribution is -0.157. The molecule has 1 saturated carbocycles. The Balaban J connectivity index is 1.97. The van der Waals surface area contributed by atoms with Gasteiger partial charge in [-0.25, -0.2) is 4.39 Å². The summed E-state index contributed by atoms with van der Waals surface area (Å²) < 4.78 is 19.2. The lowest BCUT2D eigenvalue weighted by Crippen LogP contribution is -2.38. The summed E-state index contributed by atoms with van der Waals surface area (Å²) in [5, 5.41) is 10.8. The highest BCUT2D eigenvalue weighted by atomic mass is 19.1. The summed E-state index contributed by atoms with van der Waals surface area (Å²) in [5.41, 5.74) is -0.893. The van der Waals surface area contributed by atoms with Crippen molar-refractivity contribution in [3.05, 3.63) is 35.6 Å². The monoisotopic (exact) mass is 322 g/mol. The molecule has 2 atom stereocenters. The fraction of sp³-hybridized carbons (Fsp3) is 0.632. The van der Waals surface area contributed by atoms with Gasteiger partial charge in [0.15, 0.2) is 0 Å². The Hall–Kier alpha value is -1.42. The van der Waals surface area contributed by atoms with Crippen molar-refractivity contribution in [1.29, 1.82) is 0 Å². The summed E-state index contributed by atoms with van der Waals surface area (Å²) in [5.74, 6) is -0.414. The maximum absolute atomic E-state index is 13.8. The van der Waals surface area contributed by atoms with Crippen molar-refractivity contribution in [2.45, 2.75) is 70.5 Å². The summed E-state index contributed by atoms with van der Waals surface area (Å²) in [7, 11) is 0. The van der Waals surface area contributed by atoms with Crippen LogP contribution in [0.5, 0.6) is 0 Å². The molecule has 0 aromatic heterocycles. The number of hydrogen-bond acceptors (Lipinski definition) is 3. The van der Waals surface area contributed by atoms with Gasteiger partial charge in [-0.3, -0.25) is 4.79 Å². The molecule has 1 N–H and O–H groups in total. The molecule has 2 unspecified atom stereocenters. The lowest BCUT2D eigenvalue weighted by Gasteiger charge is -2.37. The van der Waals surface area contributed by atoms with E-state index in [1.54, 1.807) is 18.2 Å². The van der Waals surface area contributed by atoms with Crippen molar-refractivity contribution < 1.29 is 19.0 Å². The molecule has 0 bridgehead atoms. The van der Waals surface area contributed by atoms with Gasteiger partial charge in [0.2, 0.25) is 0 Å². The number of rotatable bonds is 4. The van der Waals surface area contributed by atoms with Gasteiger partial charge in [0.05, 0.1) is 5.60 Å². The Labute approximate surface area is 137 Å². The molecule has 128 valence electrons. The van der Waals surface area contributed by atoms with E-state index >= 15 is 0 Å². The number of benzene rings is 1. The normalized spacial score (nSPS) is 25.2. The minimum atomic E-state index is -0.937. The summed E-state index contributed by atoms with van der Waals surface area (Å²) in [6.45, 7) is 5.54. The Morgan fingerprint density at radius 3 is 2.74 bits per heavy atom. The maximum atomic E-state index is 13.8. The Morgan fingerprint density at radius 2 is 2.09 bits per heavy atom. The van der Waals surface area contributed by atoms with Crippen molar-refractivity contribution >= 4 is 5.97 Å². The van der Waals surface area contributed by atoms with Crippen LogP contribution in [0.15, 0.2) is 24.3 Å². The fourth-order valence-corrected chi connectivity index (χ4v) is 3.41. The van der Waals surface area contributed by atoms with Crippen LogP contribution in [-0.2, 0) is 16.0 Å². The van der Waals surface area contributed by atoms with Crippen LogP contribution >= 0.6 is 0 Å². The zero-order chi connectivity index (χ0) is 17.1. The number of carbonyl (C=O) groups excluding carboxylic acids is 1. The second-order valence-corrected chi connectivity index (χ2v) is 7.75. The molecule has 23 heavy (non-hydrogen) atoms. The van der Waals surface area contributed by atoms with Crippen LogP contribution in [0.25, 0.3) is 0 Å². The standard InChI is InChI=1S/C19H27FO3/c1-18(2,3)23-17(21)11-14-7-6-10-19(22,12-14)13-15-8-4-5-9-16(15)20/h4-5,8-9,14,22H,6-7,10-13H2,1-3H3. The van der Waals surface area contributed by atoms with Gasteiger partial charge in [0, 0.05) is 12.8 Å². The highest BCUT2D eigenvalue weighted by molar-refractivity contribution is 5.70. The van der Waals surface area contributed by atoms with Gasteiger partial charge >= 0.3 is 5.97 Å². The molecule has 1 aromatic rings. The first-order valence-electron chi connectivity index (χ1n) is 8.34. The zero-order valence-corrected chi connectivity index (χ0v) is 14.3. The van der Waals surface area contributed by atoms with Gasteiger partial charge in [0.1, 0.15) is 11.4 Å². The molecule has 0 amide bonds. The minimum absolute atomic E-state index is 0.0929. The fourth-order valence-electron chi connectivity index (χ4n) is 3.41. The van der Waals surface area contributed by atoms with Gasteiger partial charge < -0.3 is 9.84 Å². The summed E-state index contributed by atoms with van der Waals surface area (Å²) in [6.07, 6.45) is 3.52. The van der Waals surface area contributed by atoms with Gasteiger partial charge in [0.25, 0.3) is 0 Å². The van der Waals surface area contributed by atoms with E-state index in [2.05, 4.69) is 0 Å². The predicted octanol–water partition coefficient (Wildman–Crippen LogP) is 4.02. The third kappa shape index (κ3) is 5.61. The largest absolute Gasteiger partial charge is 0.460 e. The number of carbonyl (C=O) groups is 1. The molecule has 0 aliphatic heterocycles. The number of hydrogen-bond donors (Lipinski definition) is 1. The van der Waals surface area contributed by atoms with Crippen molar-refractivity contribution in [3.63, 3.8) is 0 Å². The average molecular weight is 322 g/mol. The first-order valence-corrected chi connectivity index (χ1v) is 8.34. The van der Waals surface area contributed by atoms with Crippen molar-refractivity contribution in [2.75, 3.05) is 0 Å². The summed E-state index contributed by atoms with van der Waals surface area (Å²) in [6, 6.07) is 6.56. The van der Waals surface area contributed by atoms with Crippen molar-refractivity contribution in [3.8, 4) is 0 Å². The van der Waals surface area contributed by atoms with Crippen molar-refractivity contribution in [2.24, 2.45) is 5.92 Å². The molecule has 1 aliphatic rings. The van der Waals surface area contributed by atoms with E-state index in [0.29, 0.717) is 31.2 Å². The van der Waals surface area contributed by atoms with E-state index < -0.39 is 11.2 Å². The summed E-state index contributed by atoms with van der Waals surface area (Å²) in [4.78, 5) is 12.0. The third-order valence-corrected chi connectivity index (χ3v) is 4.28. The topological polar surface area (TPSA) is 46.5 Å². The lowest BCUT2D eigenvalue weighted by atomic mass is 9.74. The molecule has 4 heteroatoms. The molecular formula is C19H27FO3. The van der Waals surface area contributed by atoms with E-state index in [1.165, 1.54) is 6.07 Å². The van der Waals surface area contributed by atoms with Gasteiger partial charge in [-0.15, -0.1) is 0 Å². The smallest absolute Gasteiger partial charge is 0.306 e. The SMILES string of the molecule is CC(C)(C)OC(=O)CC1CCCC(O)(Cc2ccccc2F)C1. The van der Waals surface area contributed by atoms with Crippen LogP contribution in [-0.4, -0.2) is 22.3 Å². The molecular weight excluding hydrogens is 295 g/mol. The van der Waals surface area contributed by atoms with Crippen molar-refractivity contribution in [1.82, 2.24) is 0 Å². The van der Waals surface area contributed by atoms with Crippen LogP contribution in [0.1, 0.15) is 58.4 Å². The quantitative estimate of drug-likeness (QED) is 0.852. The van der Waals surface area contributed by atoms with E-state index in [9.17, 15) is 14.3 Å². The molecule has 3 nitrogen and oxygen atoms in total. The third-order valence-electron chi connectivity index (χ3n) is 4.28. The zero-order valence-electron chi connectivity index (χ0n) is 14.3. The van der Waals surface area contributed by atoms with E-state index in [0.717, 1.165) is 12.8 Å². The van der Waals surface area contributed by atoms with Crippen LogP contribution in [0.3, 0.4) is 0 Å². The Morgan fingerprint density at radius 1 is 1.39 bits per heavy atom. The molecule has 0 spiro atoms.